The number of rotatable bonds is 1. The predicted molar refractivity (Wildman–Crippen MR) is 45.8 cm³/mol. The van der Waals surface area contributed by atoms with E-state index in [2.05, 4.69) is 38.7 Å². The van der Waals surface area contributed by atoms with Gasteiger partial charge in [-0.05, 0) is 24.2 Å². The number of hydrogen-bond acceptors (Lipinski definition) is 0. The minimum atomic E-state index is 0.708. The zero-order chi connectivity index (χ0) is 7.56. The van der Waals surface area contributed by atoms with Crippen LogP contribution in [0.2, 0.25) is 0 Å². The fourth-order valence-corrected chi connectivity index (χ4v) is 1.54. The molecule has 0 radical (unpaired) electrons. The molecule has 0 aromatic carbocycles. The van der Waals surface area contributed by atoms with E-state index in [0.717, 1.165) is 11.8 Å². The summed E-state index contributed by atoms with van der Waals surface area (Å²) in [5.41, 5.74) is 0. The molecule has 0 bridgehead atoms. The summed E-state index contributed by atoms with van der Waals surface area (Å²) in [5, 5.41) is 0. The van der Waals surface area contributed by atoms with Gasteiger partial charge in [-0.3, -0.25) is 0 Å². The Morgan fingerprint density at radius 1 is 1.50 bits per heavy atom. The third kappa shape index (κ3) is 1.31. The molecule has 0 fully saturated rings. The summed E-state index contributed by atoms with van der Waals surface area (Å²) < 4.78 is 0. The molecule has 0 aromatic rings. The van der Waals surface area contributed by atoms with Gasteiger partial charge in [-0.25, -0.2) is 0 Å². The van der Waals surface area contributed by atoms with Crippen LogP contribution in [-0.4, -0.2) is 0 Å². The first-order chi connectivity index (χ1) is 4.75. The van der Waals surface area contributed by atoms with Crippen LogP contribution in [0.4, 0.5) is 0 Å². The van der Waals surface area contributed by atoms with Gasteiger partial charge in [0.05, 0.1) is 0 Å². The Balaban J connectivity index is 2.64. The standard InChI is InChI=1S/C10H16/c1-4-10-7-5-6-8(2)9(10)3/h4-6,8-10H,1,7H2,2-3H3. The van der Waals surface area contributed by atoms with E-state index < -0.39 is 0 Å². The molecule has 1 aliphatic carbocycles. The second-order valence-electron chi connectivity index (χ2n) is 3.28. The highest BCUT2D eigenvalue weighted by Gasteiger charge is 2.20. The number of hydrogen-bond donors (Lipinski definition) is 0. The normalized spacial score (nSPS) is 39.6. The van der Waals surface area contributed by atoms with Crippen LogP contribution in [0.25, 0.3) is 0 Å². The van der Waals surface area contributed by atoms with Crippen LogP contribution in [0, 0.1) is 17.8 Å². The maximum absolute atomic E-state index is 3.84. The molecule has 3 atom stereocenters. The quantitative estimate of drug-likeness (QED) is 0.486. The molecular formula is C10H16. The predicted octanol–water partition coefficient (Wildman–Crippen LogP) is 3.02. The maximum atomic E-state index is 3.84. The summed E-state index contributed by atoms with van der Waals surface area (Å²) in [6.45, 7) is 8.42. The van der Waals surface area contributed by atoms with Crippen LogP contribution in [0.5, 0.6) is 0 Å². The van der Waals surface area contributed by atoms with E-state index in [9.17, 15) is 0 Å². The molecule has 0 saturated carbocycles. The topological polar surface area (TPSA) is 0 Å². The molecule has 0 N–H and O–H groups in total. The molecule has 1 rings (SSSR count). The molecule has 10 heavy (non-hydrogen) atoms. The van der Waals surface area contributed by atoms with Crippen LogP contribution in [-0.2, 0) is 0 Å². The Morgan fingerprint density at radius 3 is 2.70 bits per heavy atom. The van der Waals surface area contributed by atoms with Crippen LogP contribution >= 0.6 is 0 Å². The smallest absolute Gasteiger partial charge is 0.0170 e. The Bertz CT molecular complexity index is 144. The maximum Gasteiger partial charge on any atom is -0.0170 e. The molecule has 0 heterocycles. The lowest BCUT2D eigenvalue weighted by molar-refractivity contribution is 0.336. The average Bonchev–Trinajstić information content (AvgIpc) is 1.95. The van der Waals surface area contributed by atoms with E-state index in [1.807, 2.05) is 0 Å². The van der Waals surface area contributed by atoms with Gasteiger partial charge in [0, 0.05) is 0 Å². The zero-order valence-corrected chi connectivity index (χ0v) is 6.88. The molecule has 0 aromatic heterocycles. The van der Waals surface area contributed by atoms with Crippen LogP contribution in [0.15, 0.2) is 24.8 Å². The third-order valence-electron chi connectivity index (χ3n) is 2.66. The van der Waals surface area contributed by atoms with E-state index >= 15 is 0 Å². The molecule has 0 spiro atoms. The lowest BCUT2D eigenvalue weighted by Crippen LogP contribution is -2.18. The van der Waals surface area contributed by atoms with Gasteiger partial charge in [0.1, 0.15) is 0 Å². The second kappa shape index (κ2) is 3.05. The van der Waals surface area contributed by atoms with Crippen LogP contribution in [0.3, 0.4) is 0 Å². The van der Waals surface area contributed by atoms with Crippen molar-refractivity contribution < 1.29 is 0 Å². The Labute approximate surface area is 63.6 Å². The average molecular weight is 136 g/mol. The monoisotopic (exact) mass is 136 g/mol. The van der Waals surface area contributed by atoms with Crippen molar-refractivity contribution in [2.24, 2.45) is 17.8 Å². The molecule has 0 heteroatoms. The van der Waals surface area contributed by atoms with Crippen LogP contribution in [0.1, 0.15) is 20.3 Å². The highest BCUT2D eigenvalue weighted by molar-refractivity contribution is 5.02. The van der Waals surface area contributed by atoms with Crippen molar-refractivity contribution in [1.29, 1.82) is 0 Å². The molecule has 0 aliphatic heterocycles. The minimum absolute atomic E-state index is 0.708. The summed E-state index contributed by atoms with van der Waals surface area (Å²) in [4.78, 5) is 0. The lowest BCUT2D eigenvalue weighted by atomic mass is 9.78. The first-order valence-corrected chi connectivity index (χ1v) is 4.05. The summed E-state index contributed by atoms with van der Waals surface area (Å²) in [6, 6.07) is 0. The Morgan fingerprint density at radius 2 is 2.20 bits per heavy atom. The minimum Gasteiger partial charge on any atom is -0.103 e. The summed E-state index contributed by atoms with van der Waals surface area (Å²) in [6.07, 6.45) is 7.86. The highest BCUT2D eigenvalue weighted by atomic mass is 14.2. The van der Waals surface area contributed by atoms with E-state index in [-0.39, 0.29) is 0 Å². The zero-order valence-electron chi connectivity index (χ0n) is 6.88. The van der Waals surface area contributed by atoms with Gasteiger partial charge >= 0.3 is 0 Å². The van der Waals surface area contributed by atoms with Crippen molar-refractivity contribution in [1.82, 2.24) is 0 Å². The van der Waals surface area contributed by atoms with E-state index in [4.69, 9.17) is 0 Å². The SMILES string of the molecule is C=CC1CC=CC(C)C1C. The largest absolute Gasteiger partial charge is 0.103 e. The lowest BCUT2D eigenvalue weighted by Gasteiger charge is -2.27. The van der Waals surface area contributed by atoms with Crippen molar-refractivity contribution in [3.05, 3.63) is 24.8 Å². The van der Waals surface area contributed by atoms with E-state index in [1.54, 1.807) is 0 Å². The van der Waals surface area contributed by atoms with Gasteiger partial charge in [-0.2, -0.15) is 0 Å². The first kappa shape index (κ1) is 7.59. The van der Waals surface area contributed by atoms with Gasteiger partial charge in [-0.15, -0.1) is 6.58 Å². The second-order valence-corrected chi connectivity index (χ2v) is 3.28. The van der Waals surface area contributed by atoms with Gasteiger partial charge in [-0.1, -0.05) is 32.1 Å². The molecule has 0 saturated heterocycles. The Kier molecular flexibility index (Phi) is 2.31. The molecule has 1 aliphatic rings. The van der Waals surface area contributed by atoms with Crippen molar-refractivity contribution in [2.45, 2.75) is 20.3 Å². The fraction of sp³-hybridized carbons (Fsp3) is 0.600. The summed E-state index contributed by atoms with van der Waals surface area (Å²) >= 11 is 0. The number of allylic oxidation sites excluding steroid dienone is 3. The summed E-state index contributed by atoms with van der Waals surface area (Å²) in [7, 11) is 0. The van der Waals surface area contributed by atoms with Gasteiger partial charge < -0.3 is 0 Å². The molecule has 0 nitrogen and oxygen atoms in total. The van der Waals surface area contributed by atoms with Gasteiger partial charge in [0.25, 0.3) is 0 Å². The van der Waals surface area contributed by atoms with Crippen molar-refractivity contribution in [2.75, 3.05) is 0 Å². The molecule has 3 unspecified atom stereocenters. The van der Waals surface area contributed by atoms with Gasteiger partial charge in [0.2, 0.25) is 0 Å². The fourth-order valence-electron chi connectivity index (χ4n) is 1.54. The highest BCUT2D eigenvalue weighted by Crippen LogP contribution is 2.29. The van der Waals surface area contributed by atoms with E-state index in [1.165, 1.54) is 6.42 Å². The third-order valence-corrected chi connectivity index (χ3v) is 2.66. The first-order valence-electron chi connectivity index (χ1n) is 4.05. The van der Waals surface area contributed by atoms with Crippen molar-refractivity contribution >= 4 is 0 Å². The summed E-state index contributed by atoms with van der Waals surface area (Å²) in [5.74, 6) is 2.22. The molecular weight excluding hydrogens is 120 g/mol. The van der Waals surface area contributed by atoms with Crippen molar-refractivity contribution in [3.63, 3.8) is 0 Å². The molecule has 0 amide bonds. The van der Waals surface area contributed by atoms with E-state index in [0.29, 0.717) is 5.92 Å². The van der Waals surface area contributed by atoms with Crippen LogP contribution < -0.4 is 0 Å². The van der Waals surface area contributed by atoms with Crippen molar-refractivity contribution in [3.8, 4) is 0 Å². The molecule has 56 valence electrons. The Hall–Kier alpha value is -0.520. The van der Waals surface area contributed by atoms with Gasteiger partial charge in [0.15, 0.2) is 0 Å².